The Bertz CT molecular complexity index is 363. The maximum absolute atomic E-state index is 3.81. The molecule has 0 bridgehead atoms. The summed E-state index contributed by atoms with van der Waals surface area (Å²) in [6, 6.07) is 12.8. The van der Waals surface area contributed by atoms with Crippen molar-refractivity contribution in [3.05, 3.63) is 35.9 Å². The molecule has 2 rings (SSSR count). The van der Waals surface area contributed by atoms with Crippen LogP contribution in [0.1, 0.15) is 38.7 Å². The van der Waals surface area contributed by atoms with Gasteiger partial charge in [0.1, 0.15) is 0 Å². The van der Waals surface area contributed by atoms with E-state index in [0.717, 1.165) is 0 Å². The molecule has 3 atom stereocenters. The van der Waals surface area contributed by atoms with Gasteiger partial charge in [-0.2, -0.15) is 0 Å². The average molecular weight is 260 g/mol. The van der Waals surface area contributed by atoms with Crippen molar-refractivity contribution in [2.75, 3.05) is 13.6 Å². The molecule has 1 aliphatic heterocycles. The quantitative estimate of drug-likeness (QED) is 0.875. The lowest BCUT2D eigenvalue weighted by Gasteiger charge is -2.36. The molecule has 2 nitrogen and oxygen atoms in total. The summed E-state index contributed by atoms with van der Waals surface area (Å²) in [5, 5.41) is 3.81. The third-order valence-corrected chi connectivity index (χ3v) is 4.44. The third kappa shape index (κ3) is 4.63. The van der Waals surface area contributed by atoms with Crippen LogP contribution in [0, 0.1) is 0 Å². The van der Waals surface area contributed by atoms with Crippen molar-refractivity contribution < 1.29 is 0 Å². The predicted octanol–water partition coefficient (Wildman–Crippen LogP) is 3.08. The minimum Gasteiger partial charge on any atom is -0.311 e. The second kappa shape index (κ2) is 7.06. The second-order valence-electron chi connectivity index (χ2n) is 6.14. The van der Waals surface area contributed by atoms with Crippen molar-refractivity contribution in [3.63, 3.8) is 0 Å². The van der Waals surface area contributed by atoms with Gasteiger partial charge in [-0.3, -0.25) is 0 Å². The molecule has 0 saturated carbocycles. The first-order valence-corrected chi connectivity index (χ1v) is 7.65. The van der Waals surface area contributed by atoms with Crippen LogP contribution in [-0.4, -0.2) is 36.6 Å². The summed E-state index contributed by atoms with van der Waals surface area (Å²) in [6.07, 6.45) is 4.98. The van der Waals surface area contributed by atoms with Gasteiger partial charge in [-0.1, -0.05) is 30.3 Å². The van der Waals surface area contributed by atoms with Crippen molar-refractivity contribution in [1.29, 1.82) is 0 Å². The highest BCUT2D eigenvalue weighted by Crippen LogP contribution is 2.16. The summed E-state index contributed by atoms with van der Waals surface area (Å²) in [5.74, 6) is 0. The van der Waals surface area contributed by atoms with Crippen LogP contribution >= 0.6 is 0 Å². The highest BCUT2D eigenvalue weighted by Gasteiger charge is 2.23. The Morgan fingerprint density at radius 1 is 1.32 bits per heavy atom. The topological polar surface area (TPSA) is 15.3 Å². The number of rotatable bonds is 5. The van der Waals surface area contributed by atoms with Gasteiger partial charge >= 0.3 is 0 Å². The highest BCUT2D eigenvalue weighted by atomic mass is 15.1. The Balaban J connectivity index is 1.71. The Morgan fingerprint density at radius 2 is 2.05 bits per heavy atom. The van der Waals surface area contributed by atoms with Crippen LogP contribution in [-0.2, 0) is 6.42 Å². The van der Waals surface area contributed by atoms with E-state index in [4.69, 9.17) is 0 Å². The summed E-state index contributed by atoms with van der Waals surface area (Å²) >= 11 is 0. The van der Waals surface area contributed by atoms with Gasteiger partial charge < -0.3 is 10.2 Å². The van der Waals surface area contributed by atoms with Gasteiger partial charge in [0.15, 0.2) is 0 Å². The lowest BCUT2D eigenvalue weighted by Crippen LogP contribution is -2.48. The molecule has 1 fully saturated rings. The van der Waals surface area contributed by atoms with E-state index in [9.17, 15) is 0 Å². The third-order valence-electron chi connectivity index (χ3n) is 4.44. The standard InChI is InChI=1S/C17H28N2/c1-14(9-10-16-7-5-4-6-8-16)18-17-11-12-19(3)15(2)13-17/h4-8,14-15,17-18H,9-13H2,1-3H3. The maximum Gasteiger partial charge on any atom is 0.00964 e. The van der Waals surface area contributed by atoms with E-state index < -0.39 is 0 Å². The molecule has 0 aliphatic carbocycles. The Hall–Kier alpha value is -0.860. The van der Waals surface area contributed by atoms with Gasteiger partial charge in [-0.25, -0.2) is 0 Å². The van der Waals surface area contributed by atoms with E-state index in [0.29, 0.717) is 18.1 Å². The Morgan fingerprint density at radius 3 is 2.74 bits per heavy atom. The number of hydrogen-bond donors (Lipinski definition) is 1. The van der Waals surface area contributed by atoms with Crippen LogP contribution in [0.3, 0.4) is 0 Å². The molecule has 0 radical (unpaired) electrons. The molecule has 106 valence electrons. The molecule has 1 saturated heterocycles. The van der Waals surface area contributed by atoms with Crippen molar-refractivity contribution >= 4 is 0 Å². The van der Waals surface area contributed by atoms with E-state index in [1.165, 1.54) is 37.8 Å². The van der Waals surface area contributed by atoms with Gasteiger partial charge in [0.2, 0.25) is 0 Å². The second-order valence-corrected chi connectivity index (χ2v) is 6.14. The van der Waals surface area contributed by atoms with Crippen LogP contribution in [0.15, 0.2) is 30.3 Å². The summed E-state index contributed by atoms with van der Waals surface area (Å²) in [7, 11) is 2.24. The Labute approximate surface area is 118 Å². The summed E-state index contributed by atoms with van der Waals surface area (Å²) in [6.45, 7) is 5.89. The van der Waals surface area contributed by atoms with Crippen molar-refractivity contribution in [3.8, 4) is 0 Å². The van der Waals surface area contributed by atoms with Crippen LogP contribution in [0.2, 0.25) is 0 Å². The van der Waals surface area contributed by atoms with E-state index in [1.807, 2.05) is 0 Å². The van der Waals surface area contributed by atoms with Crippen LogP contribution in [0.5, 0.6) is 0 Å². The van der Waals surface area contributed by atoms with E-state index >= 15 is 0 Å². The normalized spacial score (nSPS) is 26.3. The first-order valence-electron chi connectivity index (χ1n) is 7.65. The fourth-order valence-electron chi connectivity index (χ4n) is 2.95. The zero-order chi connectivity index (χ0) is 13.7. The summed E-state index contributed by atoms with van der Waals surface area (Å²) in [5.41, 5.74) is 1.45. The molecule has 19 heavy (non-hydrogen) atoms. The molecule has 1 heterocycles. The SMILES string of the molecule is CC(CCc1ccccc1)NC1CCN(C)C(C)C1. The zero-order valence-electron chi connectivity index (χ0n) is 12.6. The molecule has 1 N–H and O–H groups in total. The average Bonchev–Trinajstić information content (AvgIpc) is 2.42. The van der Waals surface area contributed by atoms with Crippen molar-refractivity contribution in [2.45, 2.75) is 57.7 Å². The minimum absolute atomic E-state index is 0.612. The molecular weight excluding hydrogens is 232 g/mol. The van der Waals surface area contributed by atoms with Crippen molar-refractivity contribution in [1.82, 2.24) is 10.2 Å². The maximum atomic E-state index is 3.81. The predicted molar refractivity (Wildman–Crippen MR) is 82.5 cm³/mol. The molecule has 1 aromatic carbocycles. The fourth-order valence-corrected chi connectivity index (χ4v) is 2.95. The molecule has 0 aromatic heterocycles. The first kappa shape index (κ1) is 14.5. The van der Waals surface area contributed by atoms with E-state index in [-0.39, 0.29) is 0 Å². The number of piperidine rings is 1. The summed E-state index contributed by atoms with van der Waals surface area (Å²) in [4.78, 5) is 2.47. The smallest absolute Gasteiger partial charge is 0.00964 e. The fraction of sp³-hybridized carbons (Fsp3) is 0.647. The number of hydrogen-bond acceptors (Lipinski definition) is 2. The number of benzene rings is 1. The summed E-state index contributed by atoms with van der Waals surface area (Å²) < 4.78 is 0. The molecule has 1 aromatic rings. The first-order chi connectivity index (χ1) is 9.15. The van der Waals surface area contributed by atoms with Gasteiger partial charge in [0, 0.05) is 18.1 Å². The number of likely N-dealkylation sites (tertiary alicyclic amines) is 1. The van der Waals surface area contributed by atoms with E-state index in [2.05, 4.69) is 61.4 Å². The van der Waals surface area contributed by atoms with Crippen LogP contribution in [0.4, 0.5) is 0 Å². The monoisotopic (exact) mass is 260 g/mol. The molecular formula is C17H28N2. The van der Waals surface area contributed by atoms with Crippen molar-refractivity contribution in [2.24, 2.45) is 0 Å². The van der Waals surface area contributed by atoms with Crippen LogP contribution in [0.25, 0.3) is 0 Å². The van der Waals surface area contributed by atoms with Gasteiger partial charge in [0.25, 0.3) is 0 Å². The molecule has 3 unspecified atom stereocenters. The molecule has 0 spiro atoms. The number of nitrogens with one attached hydrogen (secondary N) is 1. The minimum atomic E-state index is 0.612. The number of nitrogens with zero attached hydrogens (tertiary/aromatic N) is 1. The lowest BCUT2D eigenvalue weighted by atomic mass is 9.97. The van der Waals surface area contributed by atoms with Gasteiger partial charge in [-0.15, -0.1) is 0 Å². The molecule has 2 heteroatoms. The Kier molecular flexibility index (Phi) is 5.41. The number of aryl methyl sites for hydroxylation is 1. The molecule has 1 aliphatic rings. The van der Waals surface area contributed by atoms with Gasteiger partial charge in [0.05, 0.1) is 0 Å². The van der Waals surface area contributed by atoms with E-state index in [1.54, 1.807) is 0 Å². The van der Waals surface area contributed by atoms with Gasteiger partial charge in [-0.05, 0) is 58.7 Å². The zero-order valence-corrected chi connectivity index (χ0v) is 12.6. The lowest BCUT2D eigenvalue weighted by molar-refractivity contribution is 0.162. The highest BCUT2D eigenvalue weighted by molar-refractivity contribution is 5.14. The molecule has 0 amide bonds. The largest absolute Gasteiger partial charge is 0.311 e. The van der Waals surface area contributed by atoms with Crippen LogP contribution < -0.4 is 5.32 Å².